The number of methoxy groups -OCH3 is 2. The summed E-state index contributed by atoms with van der Waals surface area (Å²) < 4.78 is 17.2. The van der Waals surface area contributed by atoms with E-state index in [2.05, 4.69) is 9.72 Å². The van der Waals surface area contributed by atoms with Gasteiger partial charge in [0.25, 0.3) is 0 Å². The molecule has 0 spiro atoms. The third-order valence-corrected chi connectivity index (χ3v) is 4.34. The van der Waals surface area contributed by atoms with Crippen LogP contribution in [0.15, 0.2) is 58.4 Å². The van der Waals surface area contributed by atoms with E-state index in [1.807, 2.05) is 35.0 Å². The summed E-state index contributed by atoms with van der Waals surface area (Å²) in [4.78, 5) is 15.8. The lowest BCUT2D eigenvalue weighted by molar-refractivity contribution is 0.0563. The Labute approximate surface area is 143 Å². The number of furan rings is 1. The van der Waals surface area contributed by atoms with Crippen molar-refractivity contribution in [3.63, 3.8) is 0 Å². The number of ether oxygens (including phenoxy) is 2. The molecule has 0 saturated carbocycles. The molecular weight excluding hydrogens is 328 g/mol. The van der Waals surface area contributed by atoms with Crippen LogP contribution in [0, 0.1) is 0 Å². The standard InChI is InChI=1S/C17H16N2O4S/c1-21-13-5-3-12(4-6-13)19-10-9-18-17(19)24-11-14-7-8-15(23-14)16(20)22-2/h3-10H,11H2,1-2H3. The molecule has 0 atom stereocenters. The number of rotatable bonds is 6. The van der Waals surface area contributed by atoms with Crippen molar-refractivity contribution < 1.29 is 18.7 Å². The van der Waals surface area contributed by atoms with Gasteiger partial charge in [0, 0.05) is 18.1 Å². The van der Waals surface area contributed by atoms with Crippen molar-refractivity contribution in [2.45, 2.75) is 10.9 Å². The average Bonchev–Trinajstić information content (AvgIpc) is 3.28. The van der Waals surface area contributed by atoms with E-state index >= 15 is 0 Å². The number of esters is 1. The van der Waals surface area contributed by atoms with Crippen LogP contribution < -0.4 is 4.74 Å². The Morgan fingerprint density at radius 3 is 2.71 bits per heavy atom. The fraction of sp³-hybridized carbons (Fsp3) is 0.176. The van der Waals surface area contributed by atoms with Gasteiger partial charge in [-0.05, 0) is 36.4 Å². The number of benzene rings is 1. The van der Waals surface area contributed by atoms with Crippen molar-refractivity contribution in [1.29, 1.82) is 0 Å². The second-order valence-electron chi connectivity index (χ2n) is 4.82. The molecule has 0 unspecified atom stereocenters. The lowest BCUT2D eigenvalue weighted by Crippen LogP contribution is -1.98. The van der Waals surface area contributed by atoms with Gasteiger partial charge in [-0.15, -0.1) is 0 Å². The Morgan fingerprint density at radius 2 is 2.00 bits per heavy atom. The van der Waals surface area contributed by atoms with Gasteiger partial charge in [0.2, 0.25) is 5.76 Å². The van der Waals surface area contributed by atoms with Crippen molar-refractivity contribution in [3.05, 3.63) is 60.3 Å². The SMILES string of the molecule is COC(=O)c1ccc(CSc2nccn2-c2ccc(OC)cc2)o1. The fourth-order valence-electron chi connectivity index (χ4n) is 2.14. The van der Waals surface area contributed by atoms with Crippen LogP contribution in [0.25, 0.3) is 5.69 Å². The van der Waals surface area contributed by atoms with Gasteiger partial charge < -0.3 is 13.9 Å². The van der Waals surface area contributed by atoms with Crippen LogP contribution in [0.3, 0.4) is 0 Å². The van der Waals surface area contributed by atoms with Crippen LogP contribution in [0.1, 0.15) is 16.3 Å². The van der Waals surface area contributed by atoms with E-state index < -0.39 is 5.97 Å². The van der Waals surface area contributed by atoms with E-state index in [-0.39, 0.29) is 5.76 Å². The van der Waals surface area contributed by atoms with Gasteiger partial charge in [-0.1, -0.05) is 11.8 Å². The Balaban J connectivity index is 1.71. The van der Waals surface area contributed by atoms with E-state index in [9.17, 15) is 4.79 Å². The highest BCUT2D eigenvalue weighted by Gasteiger charge is 2.12. The van der Waals surface area contributed by atoms with Crippen molar-refractivity contribution in [2.75, 3.05) is 14.2 Å². The molecule has 0 saturated heterocycles. The average molecular weight is 344 g/mol. The van der Waals surface area contributed by atoms with Crippen molar-refractivity contribution in [3.8, 4) is 11.4 Å². The molecule has 6 nitrogen and oxygen atoms in total. The summed E-state index contributed by atoms with van der Waals surface area (Å²) in [5, 5.41) is 0.830. The summed E-state index contributed by atoms with van der Waals surface area (Å²) in [6.07, 6.45) is 3.64. The monoisotopic (exact) mass is 344 g/mol. The molecule has 2 heterocycles. The molecule has 0 bridgehead atoms. The van der Waals surface area contributed by atoms with Crippen molar-refractivity contribution in [2.24, 2.45) is 0 Å². The lowest BCUT2D eigenvalue weighted by atomic mass is 10.3. The van der Waals surface area contributed by atoms with Gasteiger partial charge in [-0.25, -0.2) is 9.78 Å². The number of hydrogen-bond donors (Lipinski definition) is 0. The van der Waals surface area contributed by atoms with Crippen LogP contribution in [0.5, 0.6) is 5.75 Å². The lowest BCUT2D eigenvalue weighted by Gasteiger charge is -2.07. The van der Waals surface area contributed by atoms with Gasteiger partial charge >= 0.3 is 5.97 Å². The van der Waals surface area contributed by atoms with E-state index in [0.29, 0.717) is 11.5 Å². The van der Waals surface area contributed by atoms with Gasteiger partial charge in [0.1, 0.15) is 11.5 Å². The third kappa shape index (κ3) is 3.46. The highest BCUT2D eigenvalue weighted by molar-refractivity contribution is 7.98. The number of aromatic nitrogens is 2. The second kappa shape index (κ2) is 7.27. The van der Waals surface area contributed by atoms with E-state index in [4.69, 9.17) is 9.15 Å². The van der Waals surface area contributed by atoms with Crippen LogP contribution in [0.4, 0.5) is 0 Å². The van der Waals surface area contributed by atoms with Crippen LogP contribution in [-0.2, 0) is 10.5 Å². The zero-order chi connectivity index (χ0) is 16.9. The molecule has 3 rings (SSSR count). The first kappa shape index (κ1) is 16.2. The zero-order valence-electron chi connectivity index (χ0n) is 13.3. The smallest absolute Gasteiger partial charge is 0.373 e. The van der Waals surface area contributed by atoms with Gasteiger partial charge in [-0.2, -0.15) is 0 Å². The van der Waals surface area contributed by atoms with Crippen LogP contribution in [0.2, 0.25) is 0 Å². The Morgan fingerprint density at radius 1 is 1.21 bits per heavy atom. The Kier molecular flexibility index (Phi) is 4.90. The minimum absolute atomic E-state index is 0.201. The highest BCUT2D eigenvalue weighted by atomic mass is 32.2. The second-order valence-corrected chi connectivity index (χ2v) is 5.77. The molecule has 1 aromatic carbocycles. The summed E-state index contributed by atoms with van der Waals surface area (Å²) >= 11 is 1.52. The summed E-state index contributed by atoms with van der Waals surface area (Å²) in [7, 11) is 2.96. The van der Waals surface area contributed by atoms with E-state index in [0.717, 1.165) is 16.6 Å². The summed E-state index contributed by atoms with van der Waals surface area (Å²) in [5.41, 5.74) is 0.991. The minimum Gasteiger partial charge on any atom is -0.497 e. The van der Waals surface area contributed by atoms with Gasteiger partial charge in [0.05, 0.1) is 20.0 Å². The number of carbonyl (C=O) groups excluding carboxylic acids is 1. The summed E-state index contributed by atoms with van der Waals surface area (Å²) in [6.45, 7) is 0. The van der Waals surface area contributed by atoms with Gasteiger partial charge in [-0.3, -0.25) is 4.57 Å². The number of nitrogens with zero attached hydrogens (tertiary/aromatic N) is 2. The number of carbonyl (C=O) groups is 1. The first-order valence-electron chi connectivity index (χ1n) is 7.19. The first-order valence-corrected chi connectivity index (χ1v) is 8.17. The third-order valence-electron chi connectivity index (χ3n) is 3.35. The molecule has 7 heteroatoms. The molecule has 124 valence electrons. The molecular formula is C17H16N2O4S. The maximum atomic E-state index is 11.4. The molecule has 3 aromatic rings. The Hall–Kier alpha value is -2.67. The van der Waals surface area contributed by atoms with Crippen molar-refractivity contribution >= 4 is 17.7 Å². The summed E-state index contributed by atoms with van der Waals surface area (Å²) in [6, 6.07) is 11.1. The molecule has 0 fully saturated rings. The number of hydrogen-bond acceptors (Lipinski definition) is 6. The largest absolute Gasteiger partial charge is 0.497 e. The first-order chi connectivity index (χ1) is 11.7. The summed E-state index contributed by atoms with van der Waals surface area (Å²) in [5.74, 6) is 1.77. The minimum atomic E-state index is -0.481. The molecule has 0 aliphatic heterocycles. The number of thioether (sulfide) groups is 1. The number of imidazole rings is 1. The predicted molar refractivity (Wildman–Crippen MR) is 89.7 cm³/mol. The van der Waals surface area contributed by atoms with Crippen molar-refractivity contribution in [1.82, 2.24) is 9.55 Å². The topological polar surface area (TPSA) is 66.5 Å². The van der Waals surface area contributed by atoms with E-state index in [1.165, 1.54) is 18.9 Å². The predicted octanol–water partition coefficient (Wildman–Crippen LogP) is 3.55. The maximum absolute atomic E-state index is 11.4. The van der Waals surface area contributed by atoms with Crippen LogP contribution >= 0.6 is 11.8 Å². The molecule has 0 aliphatic carbocycles. The molecule has 0 aliphatic rings. The normalized spacial score (nSPS) is 10.6. The molecule has 0 amide bonds. The van der Waals surface area contributed by atoms with Crippen LogP contribution in [-0.4, -0.2) is 29.7 Å². The Bertz CT molecular complexity index is 823. The molecule has 2 aromatic heterocycles. The highest BCUT2D eigenvalue weighted by Crippen LogP contribution is 2.26. The fourth-order valence-corrected chi connectivity index (χ4v) is 3.00. The zero-order valence-corrected chi connectivity index (χ0v) is 14.1. The van der Waals surface area contributed by atoms with Gasteiger partial charge in [0.15, 0.2) is 5.16 Å². The molecule has 0 N–H and O–H groups in total. The maximum Gasteiger partial charge on any atom is 0.373 e. The van der Waals surface area contributed by atoms with E-state index in [1.54, 1.807) is 25.4 Å². The molecule has 0 radical (unpaired) electrons. The quantitative estimate of drug-likeness (QED) is 0.503. The molecule has 24 heavy (non-hydrogen) atoms.